The summed E-state index contributed by atoms with van der Waals surface area (Å²) in [6, 6.07) is 9.92. The third-order valence-electron chi connectivity index (χ3n) is 1.16. The van der Waals surface area contributed by atoms with E-state index in [0.717, 1.165) is 5.56 Å². The Bertz CT molecular complexity index is 201. The van der Waals surface area contributed by atoms with Crippen LogP contribution >= 0.6 is 0 Å². The van der Waals surface area contributed by atoms with Gasteiger partial charge in [-0.3, -0.25) is 0 Å². The largest absolute Gasteiger partial charge is 0.498 e. The highest BCUT2D eigenvalue weighted by atomic mass is 16.5. The number of hydrogen-bond donors (Lipinski definition) is 0. The van der Waals surface area contributed by atoms with Crippen molar-refractivity contribution in [1.82, 2.24) is 0 Å². The maximum absolute atomic E-state index is 4.52. The van der Waals surface area contributed by atoms with Crippen LogP contribution in [-0.4, -0.2) is 0 Å². The van der Waals surface area contributed by atoms with Crippen LogP contribution in [0.5, 0.6) is 0 Å². The molecule has 0 heterocycles. The smallest absolute Gasteiger partial charge is 0.121 e. The Kier molecular flexibility index (Phi) is 2.56. The van der Waals surface area contributed by atoms with Gasteiger partial charge in [-0.25, -0.2) is 0 Å². The Labute approximate surface area is 61.0 Å². The van der Waals surface area contributed by atoms with Gasteiger partial charge in [0.25, 0.3) is 0 Å². The second kappa shape index (κ2) is 3.72. The molecule has 1 radical (unpaired) electrons. The van der Waals surface area contributed by atoms with E-state index in [2.05, 4.69) is 11.8 Å². The van der Waals surface area contributed by atoms with E-state index >= 15 is 0 Å². The van der Waals surface area contributed by atoms with Crippen molar-refractivity contribution in [2.75, 3.05) is 0 Å². The number of rotatable bonds is 2. The van der Waals surface area contributed by atoms with Gasteiger partial charge in [0, 0.05) is 0 Å². The second-order valence-electron chi connectivity index (χ2n) is 1.88. The van der Waals surface area contributed by atoms with E-state index in [-0.39, 0.29) is 0 Å². The molecule has 0 atom stereocenters. The molecule has 0 aliphatic carbocycles. The van der Waals surface area contributed by atoms with Gasteiger partial charge in [-0.05, 0) is 11.6 Å². The monoisotopic (exact) mass is 133 g/mol. The molecule has 0 bridgehead atoms. The summed E-state index contributed by atoms with van der Waals surface area (Å²) in [6.07, 6.45) is 3.41. The van der Waals surface area contributed by atoms with Crippen molar-refractivity contribution in [2.24, 2.45) is 0 Å². The van der Waals surface area contributed by atoms with Crippen molar-refractivity contribution in [3.05, 3.63) is 49.3 Å². The van der Waals surface area contributed by atoms with E-state index in [1.165, 1.54) is 0 Å². The maximum Gasteiger partial charge on any atom is 0.121 e. The van der Waals surface area contributed by atoms with Crippen LogP contribution in [0.1, 0.15) is 5.56 Å². The summed E-state index contributed by atoms with van der Waals surface area (Å²) >= 11 is 0. The zero-order valence-corrected chi connectivity index (χ0v) is 5.66. The third kappa shape index (κ3) is 1.94. The first-order chi connectivity index (χ1) is 4.93. The Morgan fingerprint density at radius 1 is 1.20 bits per heavy atom. The van der Waals surface area contributed by atoms with E-state index in [1.54, 1.807) is 6.26 Å². The molecule has 1 nitrogen and oxygen atoms in total. The van der Waals surface area contributed by atoms with Crippen LogP contribution in [0.2, 0.25) is 0 Å². The van der Waals surface area contributed by atoms with E-state index in [9.17, 15) is 0 Å². The second-order valence-corrected chi connectivity index (χ2v) is 1.88. The molecule has 0 aliphatic heterocycles. The van der Waals surface area contributed by atoms with Gasteiger partial charge in [0.05, 0.1) is 6.26 Å². The normalized spacial score (nSPS) is 10.1. The fourth-order valence-electron chi connectivity index (χ4n) is 0.691. The van der Waals surface area contributed by atoms with Gasteiger partial charge < -0.3 is 4.74 Å². The van der Waals surface area contributed by atoms with Gasteiger partial charge in [-0.2, -0.15) is 0 Å². The fraction of sp³-hybridized carbons (Fsp3) is 0. The predicted octanol–water partition coefficient (Wildman–Crippen LogP) is 2.47. The zero-order valence-electron chi connectivity index (χ0n) is 5.66. The lowest BCUT2D eigenvalue weighted by molar-refractivity contribution is 0.398. The van der Waals surface area contributed by atoms with Gasteiger partial charge in [0.2, 0.25) is 0 Å². The molecular formula is C9H9O. The van der Waals surface area contributed by atoms with Crippen molar-refractivity contribution in [1.29, 1.82) is 0 Å². The van der Waals surface area contributed by atoms with Crippen molar-refractivity contribution in [3.63, 3.8) is 0 Å². The summed E-state index contributed by atoms with van der Waals surface area (Å²) < 4.78 is 4.52. The maximum atomic E-state index is 4.52. The summed E-state index contributed by atoms with van der Waals surface area (Å²) in [4.78, 5) is 0. The highest BCUT2D eigenvalue weighted by Crippen LogP contribution is 2.00. The van der Waals surface area contributed by atoms with Gasteiger partial charge in [-0.1, -0.05) is 30.3 Å². The minimum absolute atomic E-state index is 1.12. The average molecular weight is 133 g/mol. The van der Waals surface area contributed by atoms with E-state index in [1.807, 2.05) is 36.4 Å². The zero-order chi connectivity index (χ0) is 7.23. The third-order valence-corrected chi connectivity index (χ3v) is 1.16. The standard InChI is InChI=1S/C9H9O/c1-10-8-7-9-5-3-2-4-6-9/h2-8H,1H2. The summed E-state index contributed by atoms with van der Waals surface area (Å²) in [5.74, 6) is 0. The molecule has 0 saturated carbocycles. The first-order valence-electron chi connectivity index (χ1n) is 3.06. The van der Waals surface area contributed by atoms with Crippen LogP contribution in [0.4, 0.5) is 0 Å². The molecule has 1 heteroatoms. The Balaban J connectivity index is 2.67. The van der Waals surface area contributed by atoms with Gasteiger partial charge in [0.1, 0.15) is 7.11 Å². The molecule has 0 saturated heterocycles. The minimum atomic E-state index is 1.12. The Morgan fingerprint density at radius 2 is 1.90 bits per heavy atom. The highest BCUT2D eigenvalue weighted by molar-refractivity contribution is 5.47. The molecule has 10 heavy (non-hydrogen) atoms. The lowest BCUT2D eigenvalue weighted by Crippen LogP contribution is -1.68. The van der Waals surface area contributed by atoms with Crippen LogP contribution < -0.4 is 0 Å². The summed E-state index contributed by atoms with van der Waals surface area (Å²) in [6.45, 7) is 0. The first-order valence-corrected chi connectivity index (χ1v) is 3.06. The quantitative estimate of drug-likeness (QED) is 0.563. The lowest BCUT2D eigenvalue weighted by atomic mass is 10.2. The molecule has 0 aromatic heterocycles. The molecule has 0 spiro atoms. The van der Waals surface area contributed by atoms with Crippen LogP contribution in [0.25, 0.3) is 6.08 Å². The summed E-state index contributed by atoms with van der Waals surface area (Å²) in [5.41, 5.74) is 1.12. The first kappa shape index (κ1) is 6.87. The van der Waals surface area contributed by atoms with Gasteiger partial charge in [0.15, 0.2) is 0 Å². The summed E-state index contributed by atoms with van der Waals surface area (Å²) in [5, 5.41) is 0. The van der Waals surface area contributed by atoms with E-state index in [0.29, 0.717) is 0 Å². The van der Waals surface area contributed by atoms with Crippen molar-refractivity contribution in [3.8, 4) is 0 Å². The minimum Gasteiger partial charge on any atom is -0.498 e. The van der Waals surface area contributed by atoms with Crippen molar-refractivity contribution < 1.29 is 4.74 Å². The average Bonchev–Trinajstić information content (AvgIpc) is 2.03. The molecule has 0 N–H and O–H groups in total. The highest BCUT2D eigenvalue weighted by Gasteiger charge is 1.79. The Hall–Kier alpha value is -1.24. The molecule has 1 aromatic carbocycles. The van der Waals surface area contributed by atoms with Crippen molar-refractivity contribution in [2.45, 2.75) is 0 Å². The predicted molar refractivity (Wildman–Crippen MR) is 41.9 cm³/mol. The fourth-order valence-corrected chi connectivity index (χ4v) is 0.691. The van der Waals surface area contributed by atoms with Gasteiger partial charge in [-0.15, -0.1) is 0 Å². The molecule has 0 aliphatic rings. The number of hydrogen-bond acceptors (Lipinski definition) is 1. The van der Waals surface area contributed by atoms with Crippen LogP contribution in [0, 0.1) is 7.11 Å². The van der Waals surface area contributed by atoms with Crippen LogP contribution in [0.15, 0.2) is 36.6 Å². The molecule has 0 fully saturated rings. The molecular weight excluding hydrogens is 124 g/mol. The lowest BCUT2D eigenvalue weighted by Gasteiger charge is -1.89. The molecule has 1 rings (SSSR count). The van der Waals surface area contributed by atoms with Gasteiger partial charge >= 0.3 is 0 Å². The van der Waals surface area contributed by atoms with Crippen LogP contribution in [-0.2, 0) is 4.74 Å². The van der Waals surface area contributed by atoms with E-state index in [4.69, 9.17) is 0 Å². The number of ether oxygens (including phenoxy) is 1. The van der Waals surface area contributed by atoms with E-state index < -0.39 is 0 Å². The summed E-state index contributed by atoms with van der Waals surface area (Å²) in [7, 11) is 3.21. The number of benzene rings is 1. The Morgan fingerprint density at radius 3 is 2.50 bits per heavy atom. The van der Waals surface area contributed by atoms with Crippen LogP contribution in [0.3, 0.4) is 0 Å². The molecule has 0 amide bonds. The van der Waals surface area contributed by atoms with Crippen molar-refractivity contribution >= 4 is 6.08 Å². The molecule has 0 unspecified atom stereocenters. The SMILES string of the molecule is [CH2]OC=Cc1ccccc1. The molecule has 51 valence electrons. The molecule has 1 aromatic rings. The topological polar surface area (TPSA) is 9.23 Å².